The molecule has 0 fully saturated rings. The molecule has 88 valence electrons. The van der Waals surface area contributed by atoms with Gasteiger partial charge in [0, 0.05) is 6.20 Å². The molecule has 0 bridgehead atoms. The van der Waals surface area contributed by atoms with Gasteiger partial charge < -0.3 is 0 Å². The summed E-state index contributed by atoms with van der Waals surface area (Å²) >= 11 is 0. The third-order valence-electron chi connectivity index (χ3n) is 2.00. The molecule has 1 heterocycles. The summed E-state index contributed by atoms with van der Waals surface area (Å²) in [7, 11) is 0. The molecule has 3 nitrogen and oxygen atoms in total. The van der Waals surface area contributed by atoms with Crippen molar-refractivity contribution < 1.29 is 0 Å². The van der Waals surface area contributed by atoms with Crippen molar-refractivity contribution in [2.45, 2.75) is 27.7 Å². The molecule has 0 unspecified atom stereocenters. The second-order valence-corrected chi connectivity index (χ2v) is 3.28. The van der Waals surface area contributed by atoms with Gasteiger partial charge in [0.15, 0.2) is 5.82 Å². The van der Waals surface area contributed by atoms with E-state index in [2.05, 4.69) is 37.2 Å². The van der Waals surface area contributed by atoms with E-state index in [1.165, 1.54) is 0 Å². The minimum atomic E-state index is 0.433. The van der Waals surface area contributed by atoms with Crippen molar-refractivity contribution in [1.29, 1.82) is 0 Å². The number of aromatic nitrogens is 3. The van der Waals surface area contributed by atoms with E-state index < -0.39 is 0 Å². The van der Waals surface area contributed by atoms with Crippen LogP contribution in [-0.2, 0) is 0 Å². The minimum absolute atomic E-state index is 0.433. The quantitative estimate of drug-likeness (QED) is 0.724. The van der Waals surface area contributed by atoms with E-state index in [9.17, 15) is 0 Å². The van der Waals surface area contributed by atoms with Crippen LogP contribution >= 0.6 is 0 Å². The van der Waals surface area contributed by atoms with Crippen LogP contribution in [0.1, 0.15) is 33.5 Å². The molecule has 1 rings (SSSR count). The third kappa shape index (κ3) is 3.85. The van der Waals surface area contributed by atoms with Crippen LogP contribution in [0.25, 0.3) is 12.3 Å². The Morgan fingerprint density at radius 2 is 2.00 bits per heavy atom. The fraction of sp³-hybridized carbons (Fsp3) is 0.385. The maximum Gasteiger partial charge on any atom is 0.160 e. The van der Waals surface area contributed by atoms with Crippen LogP contribution in [-0.4, -0.2) is 14.8 Å². The highest BCUT2D eigenvalue weighted by molar-refractivity contribution is 5.51. The van der Waals surface area contributed by atoms with E-state index in [1.54, 1.807) is 17.1 Å². The molecule has 0 amide bonds. The maximum atomic E-state index is 3.97. The zero-order valence-corrected chi connectivity index (χ0v) is 10.6. The van der Waals surface area contributed by atoms with Crippen LogP contribution in [0.4, 0.5) is 0 Å². The molecule has 0 aliphatic heterocycles. The Hall–Kier alpha value is -1.64. The number of rotatable bonds is 4. The van der Waals surface area contributed by atoms with Gasteiger partial charge in [0.1, 0.15) is 6.33 Å². The molecule has 1 aromatic rings. The van der Waals surface area contributed by atoms with Crippen molar-refractivity contribution in [2.24, 2.45) is 5.92 Å². The van der Waals surface area contributed by atoms with E-state index >= 15 is 0 Å². The fourth-order valence-electron chi connectivity index (χ4n) is 1.11. The molecule has 0 radical (unpaired) electrons. The minimum Gasteiger partial charge on any atom is -0.290 e. The zero-order valence-electron chi connectivity index (χ0n) is 10.6. The molecule has 0 saturated heterocycles. The molecule has 0 saturated carbocycles. The smallest absolute Gasteiger partial charge is 0.160 e. The van der Waals surface area contributed by atoms with Crippen molar-refractivity contribution in [2.75, 3.05) is 0 Å². The van der Waals surface area contributed by atoms with E-state index in [0.717, 1.165) is 11.4 Å². The van der Waals surface area contributed by atoms with Crippen LogP contribution in [0.5, 0.6) is 0 Å². The van der Waals surface area contributed by atoms with Crippen LogP contribution in [0, 0.1) is 5.92 Å². The summed E-state index contributed by atoms with van der Waals surface area (Å²) in [5, 5.41) is 7.78. The first kappa shape index (κ1) is 14.4. The molecule has 3 heteroatoms. The van der Waals surface area contributed by atoms with Gasteiger partial charge in [-0.2, -0.15) is 0 Å². The summed E-state index contributed by atoms with van der Waals surface area (Å²) in [6, 6.07) is 0. The monoisotopic (exact) mass is 219 g/mol. The molecular formula is C13H21N3. The molecule has 16 heavy (non-hydrogen) atoms. The predicted octanol–water partition coefficient (Wildman–Crippen LogP) is 3.63. The lowest BCUT2D eigenvalue weighted by molar-refractivity contribution is 0.796. The van der Waals surface area contributed by atoms with E-state index in [4.69, 9.17) is 0 Å². The van der Waals surface area contributed by atoms with Crippen molar-refractivity contribution in [1.82, 2.24) is 14.8 Å². The fourth-order valence-corrected chi connectivity index (χ4v) is 1.11. The number of hydrogen-bond donors (Lipinski definition) is 0. The van der Waals surface area contributed by atoms with E-state index in [1.807, 2.05) is 26.0 Å². The standard InChI is InChI=1S/C11H15N3.C2H6/c1-5-10(9(3)4)7-11-13-12-8-14(11)6-2;1-2/h5-9H,1-2H2,3-4H3;1-2H3/b10-7+;. The van der Waals surface area contributed by atoms with Gasteiger partial charge in [0.05, 0.1) is 0 Å². The van der Waals surface area contributed by atoms with Gasteiger partial charge >= 0.3 is 0 Å². The summed E-state index contributed by atoms with van der Waals surface area (Å²) in [6.45, 7) is 15.7. The van der Waals surface area contributed by atoms with Crippen LogP contribution < -0.4 is 0 Å². The van der Waals surface area contributed by atoms with E-state index in [0.29, 0.717) is 5.92 Å². The van der Waals surface area contributed by atoms with Crippen molar-refractivity contribution in [3.8, 4) is 0 Å². The molecule has 0 atom stereocenters. The van der Waals surface area contributed by atoms with Gasteiger partial charge in [-0.05, 0) is 17.6 Å². The van der Waals surface area contributed by atoms with Crippen LogP contribution in [0.2, 0.25) is 0 Å². The summed E-state index contributed by atoms with van der Waals surface area (Å²) in [4.78, 5) is 0. The summed E-state index contributed by atoms with van der Waals surface area (Å²) < 4.78 is 1.77. The molecule has 0 aromatic carbocycles. The second-order valence-electron chi connectivity index (χ2n) is 3.28. The van der Waals surface area contributed by atoms with E-state index in [-0.39, 0.29) is 0 Å². The Morgan fingerprint density at radius 1 is 1.38 bits per heavy atom. The highest BCUT2D eigenvalue weighted by Crippen LogP contribution is 2.14. The molecule has 0 aliphatic rings. The predicted molar refractivity (Wildman–Crippen MR) is 70.8 cm³/mol. The third-order valence-corrected chi connectivity index (χ3v) is 2.00. The molecule has 0 N–H and O–H groups in total. The van der Waals surface area contributed by atoms with Crippen molar-refractivity contribution in [3.63, 3.8) is 0 Å². The summed E-state index contributed by atoms with van der Waals surface area (Å²) in [6.07, 6.45) is 7.10. The first-order chi connectivity index (χ1) is 7.69. The number of nitrogens with zero attached hydrogens (tertiary/aromatic N) is 3. The molecule has 0 spiro atoms. The van der Waals surface area contributed by atoms with Gasteiger partial charge in [0.2, 0.25) is 0 Å². The van der Waals surface area contributed by atoms with Gasteiger partial charge in [-0.3, -0.25) is 4.57 Å². The van der Waals surface area contributed by atoms with Gasteiger partial charge in [0.25, 0.3) is 0 Å². The van der Waals surface area contributed by atoms with Gasteiger partial charge in [-0.25, -0.2) is 0 Å². The highest BCUT2D eigenvalue weighted by atomic mass is 15.2. The Balaban J connectivity index is 0.00000106. The first-order valence-electron chi connectivity index (χ1n) is 5.55. The first-order valence-corrected chi connectivity index (χ1v) is 5.55. The number of allylic oxidation sites excluding steroid dienone is 2. The second kappa shape index (κ2) is 7.63. The Kier molecular flexibility index (Phi) is 6.84. The van der Waals surface area contributed by atoms with Crippen LogP contribution in [0.3, 0.4) is 0 Å². The van der Waals surface area contributed by atoms with Gasteiger partial charge in [-0.1, -0.05) is 46.9 Å². The largest absolute Gasteiger partial charge is 0.290 e. The summed E-state index contributed by atoms with van der Waals surface area (Å²) in [5.74, 6) is 1.21. The lowest BCUT2D eigenvalue weighted by Gasteiger charge is -2.05. The average Bonchev–Trinajstić information content (AvgIpc) is 2.75. The number of hydrogen-bond acceptors (Lipinski definition) is 2. The zero-order chi connectivity index (χ0) is 12.6. The Labute approximate surface area is 98.2 Å². The normalized spacial score (nSPS) is 10.7. The van der Waals surface area contributed by atoms with Crippen molar-refractivity contribution >= 4 is 12.3 Å². The lowest BCUT2D eigenvalue weighted by Crippen LogP contribution is -1.94. The molecule has 0 aliphatic carbocycles. The van der Waals surface area contributed by atoms with Crippen molar-refractivity contribution in [3.05, 3.63) is 37.0 Å². The average molecular weight is 219 g/mol. The van der Waals surface area contributed by atoms with Crippen LogP contribution in [0.15, 0.2) is 31.1 Å². The highest BCUT2D eigenvalue weighted by Gasteiger charge is 2.02. The lowest BCUT2D eigenvalue weighted by atomic mass is 10.0. The van der Waals surface area contributed by atoms with Gasteiger partial charge in [-0.15, -0.1) is 10.2 Å². The summed E-state index contributed by atoms with van der Waals surface area (Å²) in [5.41, 5.74) is 1.14. The Bertz CT molecular complexity index is 359. The topological polar surface area (TPSA) is 30.7 Å². The Morgan fingerprint density at radius 3 is 2.44 bits per heavy atom. The maximum absolute atomic E-state index is 3.97. The SMILES string of the molecule is C=C/C(=C\c1nncn1C=C)C(C)C.CC. The molecular weight excluding hydrogens is 198 g/mol. The molecule has 1 aromatic heterocycles.